The number of aliphatic hydroxyl groups excluding tert-OH is 1. The van der Waals surface area contributed by atoms with Crippen LogP contribution in [0.15, 0.2) is 24.3 Å². The minimum absolute atomic E-state index is 0.00260. The molecule has 0 aliphatic rings. The van der Waals surface area contributed by atoms with Gasteiger partial charge in [0.15, 0.2) is 5.78 Å². The first-order chi connectivity index (χ1) is 6.65. The van der Waals surface area contributed by atoms with Crippen molar-refractivity contribution in [2.24, 2.45) is 0 Å². The van der Waals surface area contributed by atoms with Gasteiger partial charge in [0.2, 0.25) is 0 Å². The minimum Gasteiger partial charge on any atom is -0.396 e. The van der Waals surface area contributed by atoms with Crippen molar-refractivity contribution in [3.63, 3.8) is 0 Å². The van der Waals surface area contributed by atoms with E-state index in [9.17, 15) is 4.79 Å². The molecular weight excluding hydrogens is 176 g/mol. The monoisotopic (exact) mass is 192 g/mol. The molecule has 0 atom stereocenters. The van der Waals surface area contributed by atoms with Crippen molar-refractivity contribution in [1.29, 1.82) is 0 Å². The maximum absolute atomic E-state index is 11.4. The summed E-state index contributed by atoms with van der Waals surface area (Å²) >= 11 is 0. The third-order valence-corrected chi connectivity index (χ3v) is 2.24. The molecule has 0 heterocycles. The lowest BCUT2D eigenvalue weighted by atomic mass is 10.00. The highest BCUT2D eigenvalue weighted by atomic mass is 16.3. The number of carbonyl (C=O) groups excluding carboxylic acids is 1. The number of aliphatic hydroxyl groups is 1. The van der Waals surface area contributed by atoms with Crippen LogP contribution in [0.3, 0.4) is 0 Å². The molecule has 1 N–H and O–H groups in total. The van der Waals surface area contributed by atoms with Gasteiger partial charge >= 0.3 is 0 Å². The molecule has 0 fully saturated rings. The highest BCUT2D eigenvalue weighted by Crippen LogP contribution is 2.15. The van der Waals surface area contributed by atoms with E-state index in [2.05, 4.69) is 13.8 Å². The fourth-order valence-electron chi connectivity index (χ4n) is 1.30. The Morgan fingerprint density at radius 2 is 1.86 bits per heavy atom. The molecule has 1 aromatic carbocycles. The number of benzene rings is 1. The molecule has 0 unspecified atom stereocenters. The summed E-state index contributed by atoms with van der Waals surface area (Å²) in [6.07, 6.45) is 0.209. The second-order valence-electron chi connectivity index (χ2n) is 3.67. The molecule has 1 rings (SSSR count). The van der Waals surface area contributed by atoms with Gasteiger partial charge in [0, 0.05) is 12.0 Å². The number of rotatable bonds is 4. The fraction of sp³-hybridized carbons (Fsp3) is 0.417. The molecule has 0 radical (unpaired) electrons. The van der Waals surface area contributed by atoms with Gasteiger partial charge in [-0.2, -0.15) is 0 Å². The molecule has 0 aliphatic carbocycles. The van der Waals surface area contributed by atoms with Crippen LogP contribution in [0.1, 0.15) is 42.1 Å². The second kappa shape index (κ2) is 4.91. The van der Waals surface area contributed by atoms with Crippen LogP contribution in [0.2, 0.25) is 0 Å². The van der Waals surface area contributed by atoms with E-state index in [4.69, 9.17) is 5.11 Å². The highest BCUT2D eigenvalue weighted by molar-refractivity contribution is 5.96. The summed E-state index contributed by atoms with van der Waals surface area (Å²) in [6.45, 7) is 4.15. The van der Waals surface area contributed by atoms with E-state index in [0.29, 0.717) is 11.5 Å². The molecule has 0 saturated carbocycles. The lowest BCUT2D eigenvalue weighted by molar-refractivity contribution is 0.0956. The maximum atomic E-state index is 11.4. The van der Waals surface area contributed by atoms with Crippen LogP contribution in [0.4, 0.5) is 0 Å². The quantitative estimate of drug-likeness (QED) is 0.744. The summed E-state index contributed by atoms with van der Waals surface area (Å²) in [5.74, 6) is 0.486. The summed E-state index contributed by atoms with van der Waals surface area (Å²) in [5.41, 5.74) is 1.91. The van der Waals surface area contributed by atoms with Gasteiger partial charge in [0.25, 0.3) is 0 Å². The van der Waals surface area contributed by atoms with Crippen molar-refractivity contribution in [2.45, 2.75) is 26.2 Å². The number of hydrogen-bond donors (Lipinski definition) is 1. The molecule has 0 spiro atoms. The molecule has 14 heavy (non-hydrogen) atoms. The Hall–Kier alpha value is -1.15. The maximum Gasteiger partial charge on any atom is 0.165 e. The van der Waals surface area contributed by atoms with Crippen LogP contribution in [0, 0.1) is 0 Å². The van der Waals surface area contributed by atoms with E-state index < -0.39 is 0 Å². The number of carbonyl (C=O) groups is 1. The highest BCUT2D eigenvalue weighted by Gasteiger charge is 2.05. The Morgan fingerprint density at radius 1 is 1.29 bits per heavy atom. The van der Waals surface area contributed by atoms with Crippen LogP contribution in [-0.2, 0) is 0 Å². The summed E-state index contributed by atoms with van der Waals surface area (Å²) in [7, 11) is 0. The fourth-order valence-corrected chi connectivity index (χ4v) is 1.30. The number of hydrogen-bond acceptors (Lipinski definition) is 2. The molecule has 0 saturated heterocycles. The zero-order valence-corrected chi connectivity index (χ0v) is 8.66. The van der Waals surface area contributed by atoms with E-state index in [0.717, 1.165) is 0 Å². The average molecular weight is 192 g/mol. The predicted molar refractivity (Wildman–Crippen MR) is 56.6 cm³/mol. The third-order valence-electron chi connectivity index (χ3n) is 2.24. The molecule has 0 aliphatic heterocycles. The summed E-state index contributed by atoms with van der Waals surface area (Å²) in [5, 5.41) is 8.62. The molecular formula is C12H16O2. The largest absolute Gasteiger partial charge is 0.396 e. The molecule has 1 aromatic rings. The van der Waals surface area contributed by atoms with Crippen molar-refractivity contribution < 1.29 is 9.90 Å². The van der Waals surface area contributed by atoms with Crippen molar-refractivity contribution in [3.8, 4) is 0 Å². The Labute approximate surface area is 84.6 Å². The molecule has 2 heteroatoms. The van der Waals surface area contributed by atoms with Crippen molar-refractivity contribution in [2.75, 3.05) is 6.61 Å². The molecule has 0 bridgehead atoms. The van der Waals surface area contributed by atoms with E-state index >= 15 is 0 Å². The van der Waals surface area contributed by atoms with Gasteiger partial charge in [0.1, 0.15) is 0 Å². The second-order valence-corrected chi connectivity index (χ2v) is 3.67. The van der Waals surface area contributed by atoms with Crippen LogP contribution in [-0.4, -0.2) is 17.5 Å². The van der Waals surface area contributed by atoms with Crippen LogP contribution in [0.25, 0.3) is 0 Å². The average Bonchev–Trinajstić information content (AvgIpc) is 2.18. The van der Waals surface area contributed by atoms with Gasteiger partial charge in [-0.05, 0) is 11.5 Å². The predicted octanol–water partition coefficient (Wildman–Crippen LogP) is 2.38. The SMILES string of the molecule is CC(C)c1ccc(C(=O)CCO)cc1. The van der Waals surface area contributed by atoms with Gasteiger partial charge in [-0.1, -0.05) is 38.1 Å². The molecule has 2 nitrogen and oxygen atoms in total. The first kappa shape index (κ1) is 10.9. The Kier molecular flexibility index (Phi) is 3.84. The molecule has 76 valence electrons. The zero-order valence-electron chi connectivity index (χ0n) is 8.66. The zero-order chi connectivity index (χ0) is 10.6. The van der Waals surface area contributed by atoms with E-state index in [1.807, 2.05) is 24.3 Å². The lowest BCUT2D eigenvalue weighted by Crippen LogP contribution is -2.01. The summed E-state index contributed by atoms with van der Waals surface area (Å²) in [4.78, 5) is 11.4. The summed E-state index contributed by atoms with van der Waals surface area (Å²) in [6, 6.07) is 7.59. The molecule has 0 aromatic heterocycles. The normalized spacial score (nSPS) is 10.6. The Bertz CT molecular complexity index is 299. The van der Waals surface area contributed by atoms with Gasteiger partial charge < -0.3 is 5.11 Å². The van der Waals surface area contributed by atoms with Gasteiger partial charge in [-0.3, -0.25) is 4.79 Å². The third kappa shape index (κ3) is 2.67. The Morgan fingerprint density at radius 3 is 2.29 bits per heavy atom. The van der Waals surface area contributed by atoms with Gasteiger partial charge in [0.05, 0.1) is 6.61 Å². The lowest BCUT2D eigenvalue weighted by Gasteiger charge is -2.05. The van der Waals surface area contributed by atoms with Crippen molar-refractivity contribution >= 4 is 5.78 Å². The van der Waals surface area contributed by atoms with Crippen molar-refractivity contribution in [1.82, 2.24) is 0 Å². The van der Waals surface area contributed by atoms with Crippen LogP contribution < -0.4 is 0 Å². The number of Topliss-reactive ketones (excluding diaryl/α,β-unsaturated/α-hetero) is 1. The van der Waals surface area contributed by atoms with E-state index in [-0.39, 0.29) is 18.8 Å². The van der Waals surface area contributed by atoms with Gasteiger partial charge in [-0.25, -0.2) is 0 Å². The smallest absolute Gasteiger partial charge is 0.165 e. The van der Waals surface area contributed by atoms with E-state index in [1.165, 1.54) is 5.56 Å². The number of ketones is 1. The van der Waals surface area contributed by atoms with Crippen molar-refractivity contribution in [3.05, 3.63) is 35.4 Å². The van der Waals surface area contributed by atoms with Gasteiger partial charge in [-0.15, -0.1) is 0 Å². The Balaban J connectivity index is 2.78. The first-order valence-corrected chi connectivity index (χ1v) is 4.89. The topological polar surface area (TPSA) is 37.3 Å². The van der Waals surface area contributed by atoms with E-state index in [1.54, 1.807) is 0 Å². The minimum atomic E-state index is -0.0786. The van der Waals surface area contributed by atoms with Crippen LogP contribution >= 0.6 is 0 Å². The summed E-state index contributed by atoms with van der Waals surface area (Å²) < 4.78 is 0. The molecule has 0 amide bonds. The van der Waals surface area contributed by atoms with Crippen LogP contribution in [0.5, 0.6) is 0 Å². The standard InChI is InChI=1S/C12H16O2/c1-9(2)10-3-5-11(6-4-10)12(14)7-8-13/h3-6,9,13H,7-8H2,1-2H3. The first-order valence-electron chi connectivity index (χ1n) is 4.89.